The van der Waals surface area contributed by atoms with Crippen molar-refractivity contribution in [2.45, 2.75) is 45.2 Å². The Hall–Kier alpha value is -3.67. The first-order valence-electron chi connectivity index (χ1n) is 13.3. The van der Waals surface area contributed by atoms with Gasteiger partial charge in [-0.15, -0.1) is 5.10 Å². The zero-order valence-corrected chi connectivity index (χ0v) is 22.5. The molecule has 1 saturated heterocycles. The van der Waals surface area contributed by atoms with Crippen LogP contribution in [0, 0.1) is 18.3 Å². The summed E-state index contributed by atoms with van der Waals surface area (Å²) >= 11 is 6.04. The molecule has 0 aliphatic carbocycles. The SMILES string of the molecule is CCC1CN(c2nn3c(C#N)cccc3c2C)Cc2c(N3CCNCC3Cc3ccc(Cl)nc3)ccnc21. The van der Waals surface area contributed by atoms with Crippen LogP contribution < -0.4 is 15.1 Å². The Balaban J connectivity index is 1.38. The van der Waals surface area contributed by atoms with Crippen LogP contribution in [0.4, 0.5) is 11.5 Å². The van der Waals surface area contributed by atoms with Gasteiger partial charge in [0.15, 0.2) is 5.82 Å². The second-order valence-electron chi connectivity index (χ2n) is 10.2. The number of pyridine rings is 3. The van der Waals surface area contributed by atoms with E-state index >= 15 is 0 Å². The maximum atomic E-state index is 9.63. The summed E-state index contributed by atoms with van der Waals surface area (Å²) in [6.07, 6.45) is 5.74. The first kappa shape index (κ1) is 24.7. The molecule has 2 aliphatic heterocycles. The van der Waals surface area contributed by atoms with Crippen molar-refractivity contribution in [1.29, 1.82) is 5.26 Å². The summed E-state index contributed by atoms with van der Waals surface area (Å²) < 4.78 is 1.78. The minimum Gasteiger partial charge on any atom is -0.365 e. The summed E-state index contributed by atoms with van der Waals surface area (Å²) in [6, 6.07) is 14.5. The normalized spacial score (nSPS) is 19.4. The number of aryl methyl sites for hydroxylation is 1. The van der Waals surface area contributed by atoms with Crippen LogP contribution >= 0.6 is 11.6 Å². The zero-order valence-electron chi connectivity index (χ0n) is 21.7. The number of halogens is 1. The summed E-state index contributed by atoms with van der Waals surface area (Å²) in [4.78, 5) is 14.1. The van der Waals surface area contributed by atoms with E-state index in [1.165, 1.54) is 22.5 Å². The van der Waals surface area contributed by atoms with Gasteiger partial charge in [0.1, 0.15) is 16.9 Å². The molecule has 2 atom stereocenters. The summed E-state index contributed by atoms with van der Waals surface area (Å²) in [5.74, 6) is 1.25. The van der Waals surface area contributed by atoms with Crippen molar-refractivity contribution in [1.82, 2.24) is 24.9 Å². The van der Waals surface area contributed by atoms with E-state index < -0.39 is 0 Å². The van der Waals surface area contributed by atoms with E-state index in [1.54, 1.807) is 4.52 Å². The zero-order chi connectivity index (χ0) is 26.2. The van der Waals surface area contributed by atoms with Crippen molar-refractivity contribution in [3.05, 3.63) is 82.0 Å². The van der Waals surface area contributed by atoms with E-state index in [9.17, 15) is 5.26 Å². The van der Waals surface area contributed by atoms with E-state index in [4.69, 9.17) is 21.7 Å². The fraction of sp³-hybridized carbons (Fsp3) is 0.379. The molecule has 0 amide bonds. The molecule has 0 aromatic carbocycles. The number of anilines is 2. The number of hydrogen-bond donors (Lipinski definition) is 1. The third-order valence-electron chi connectivity index (χ3n) is 7.95. The summed E-state index contributed by atoms with van der Waals surface area (Å²) in [7, 11) is 0. The molecule has 0 spiro atoms. The fourth-order valence-corrected chi connectivity index (χ4v) is 6.11. The molecule has 38 heavy (non-hydrogen) atoms. The highest BCUT2D eigenvalue weighted by Gasteiger charge is 2.33. The topological polar surface area (TPSA) is 85.4 Å². The minimum absolute atomic E-state index is 0.295. The first-order chi connectivity index (χ1) is 18.6. The van der Waals surface area contributed by atoms with E-state index in [0.717, 1.165) is 62.5 Å². The number of nitriles is 1. The average molecular weight is 527 g/mol. The Morgan fingerprint density at radius 2 is 2.08 bits per heavy atom. The van der Waals surface area contributed by atoms with Gasteiger partial charge >= 0.3 is 0 Å². The van der Waals surface area contributed by atoms with Crippen LogP contribution in [0.15, 0.2) is 48.8 Å². The summed E-state index contributed by atoms with van der Waals surface area (Å²) in [5, 5.41) is 18.7. The van der Waals surface area contributed by atoms with Crippen LogP contribution in [-0.2, 0) is 13.0 Å². The highest BCUT2D eigenvalue weighted by molar-refractivity contribution is 6.29. The van der Waals surface area contributed by atoms with Gasteiger partial charge in [0.2, 0.25) is 0 Å². The van der Waals surface area contributed by atoms with Crippen molar-refractivity contribution in [3.63, 3.8) is 0 Å². The molecule has 4 aromatic rings. The monoisotopic (exact) mass is 526 g/mol. The van der Waals surface area contributed by atoms with E-state index in [0.29, 0.717) is 22.8 Å². The van der Waals surface area contributed by atoms with Crippen LogP contribution in [0.25, 0.3) is 5.52 Å². The molecule has 4 aromatic heterocycles. The molecule has 0 radical (unpaired) electrons. The van der Waals surface area contributed by atoms with Crippen LogP contribution in [0.1, 0.15) is 47.3 Å². The molecule has 2 unspecified atom stereocenters. The van der Waals surface area contributed by atoms with Crippen molar-refractivity contribution in [2.24, 2.45) is 0 Å². The molecule has 0 bridgehead atoms. The van der Waals surface area contributed by atoms with Gasteiger partial charge in [-0.3, -0.25) is 4.98 Å². The number of rotatable bonds is 5. The van der Waals surface area contributed by atoms with Gasteiger partial charge in [-0.2, -0.15) is 5.26 Å². The maximum Gasteiger partial charge on any atom is 0.154 e. The number of hydrogen-bond acceptors (Lipinski definition) is 7. The highest BCUT2D eigenvalue weighted by atomic mass is 35.5. The predicted octanol–water partition coefficient (Wildman–Crippen LogP) is 4.49. The third kappa shape index (κ3) is 4.36. The minimum atomic E-state index is 0.295. The van der Waals surface area contributed by atoms with Crippen LogP contribution in [0.3, 0.4) is 0 Å². The van der Waals surface area contributed by atoms with Gasteiger partial charge < -0.3 is 15.1 Å². The molecule has 8 nitrogen and oxygen atoms in total. The van der Waals surface area contributed by atoms with Crippen molar-refractivity contribution >= 4 is 28.6 Å². The molecule has 6 heterocycles. The Bertz CT molecular complexity index is 1510. The second kappa shape index (κ2) is 10.2. The first-order valence-corrected chi connectivity index (χ1v) is 13.6. The fourth-order valence-electron chi connectivity index (χ4n) is 5.99. The highest BCUT2D eigenvalue weighted by Crippen LogP contribution is 2.39. The number of nitrogens with zero attached hydrogens (tertiary/aromatic N) is 7. The molecule has 2 aliphatic rings. The third-order valence-corrected chi connectivity index (χ3v) is 8.17. The largest absolute Gasteiger partial charge is 0.365 e. The lowest BCUT2D eigenvalue weighted by molar-refractivity contribution is 0.469. The van der Waals surface area contributed by atoms with Crippen molar-refractivity contribution < 1.29 is 0 Å². The van der Waals surface area contributed by atoms with Gasteiger partial charge in [-0.25, -0.2) is 9.50 Å². The molecular weight excluding hydrogens is 496 g/mol. The Morgan fingerprint density at radius 1 is 1.18 bits per heavy atom. The van der Waals surface area contributed by atoms with Crippen LogP contribution in [0.2, 0.25) is 5.15 Å². The Kier molecular flexibility index (Phi) is 6.64. The molecule has 194 valence electrons. The van der Waals surface area contributed by atoms with Crippen LogP contribution in [-0.4, -0.2) is 51.8 Å². The van der Waals surface area contributed by atoms with Gasteiger partial charge in [0.25, 0.3) is 0 Å². The molecule has 9 heteroatoms. The van der Waals surface area contributed by atoms with Gasteiger partial charge in [-0.05, 0) is 49.6 Å². The summed E-state index contributed by atoms with van der Waals surface area (Å²) in [5.41, 5.74) is 7.53. The lowest BCUT2D eigenvalue weighted by atomic mass is 9.90. The quantitative estimate of drug-likeness (QED) is 0.383. The Morgan fingerprint density at radius 3 is 2.87 bits per heavy atom. The van der Waals surface area contributed by atoms with E-state index in [1.807, 2.05) is 36.7 Å². The average Bonchev–Trinajstić information content (AvgIpc) is 3.30. The van der Waals surface area contributed by atoms with Gasteiger partial charge in [0, 0.05) is 73.9 Å². The lowest BCUT2D eigenvalue weighted by Gasteiger charge is -2.42. The molecule has 1 N–H and O–H groups in total. The van der Waals surface area contributed by atoms with E-state index in [2.05, 4.69) is 52.2 Å². The number of aromatic nitrogens is 4. The number of fused-ring (bicyclic) bond motifs is 2. The van der Waals surface area contributed by atoms with Crippen molar-refractivity contribution in [2.75, 3.05) is 36.0 Å². The van der Waals surface area contributed by atoms with Gasteiger partial charge in [0.05, 0.1) is 11.2 Å². The van der Waals surface area contributed by atoms with E-state index in [-0.39, 0.29) is 0 Å². The summed E-state index contributed by atoms with van der Waals surface area (Å²) in [6.45, 7) is 8.70. The van der Waals surface area contributed by atoms with Crippen molar-refractivity contribution in [3.8, 4) is 6.07 Å². The second-order valence-corrected chi connectivity index (χ2v) is 10.6. The van der Waals surface area contributed by atoms with Crippen LogP contribution in [0.5, 0.6) is 0 Å². The molecule has 1 fully saturated rings. The smallest absolute Gasteiger partial charge is 0.154 e. The predicted molar refractivity (Wildman–Crippen MR) is 150 cm³/mol. The number of piperazine rings is 1. The number of nitrogens with one attached hydrogen (secondary N) is 1. The molecule has 6 rings (SSSR count). The molecule has 0 saturated carbocycles. The maximum absolute atomic E-state index is 9.63. The lowest BCUT2D eigenvalue weighted by Crippen LogP contribution is -2.53. The standard InChI is InChI=1S/C29H31ClN8/c1-3-21-17-36(29-19(2)25-6-4-5-22(14-31)38(25)35-29)18-24-26(9-10-33-28(21)24)37-12-11-32-16-23(37)13-20-7-8-27(30)34-15-20/h4-10,15,21,23,32H,3,11-13,16-18H2,1-2H3. The molecular formula is C29H31ClN8. The van der Waals surface area contributed by atoms with Gasteiger partial charge in [-0.1, -0.05) is 30.7 Å². The Labute approximate surface area is 227 Å².